The van der Waals surface area contributed by atoms with Crippen LogP contribution in [0, 0.1) is 6.92 Å². The Kier molecular flexibility index (Phi) is 5.75. The number of benzene rings is 2. The molecule has 0 atom stereocenters. The number of esters is 3. The van der Waals surface area contributed by atoms with E-state index in [2.05, 4.69) is 0 Å². The van der Waals surface area contributed by atoms with E-state index in [1.165, 1.54) is 20.8 Å². The van der Waals surface area contributed by atoms with Gasteiger partial charge in [-0.1, -0.05) is 17.7 Å². The van der Waals surface area contributed by atoms with E-state index in [0.717, 1.165) is 5.56 Å². The molecule has 132 valence electrons. The first-order valence-electron chi connectivity index (χ1n) is 7.84. The maximum atomic E-state index is 11.5. The molecule has 2 aromatic carbocycles. The number of aryl methyl sites for hydroxylation is 1. The van der Waals surface area contributed by atoms with Crippen LogP contribution >= 0.6 is 0 Å². The number of fused-ring (bicyclic) bond motifs is 1. The first kappa shape index (κ1) is 18.4. The Bertz CT molecular complexity index is 837. The third-order valence-corrected chi connectivity index (χ3v) is 3.46. The summed E-state index contributed by atoms with van der Waals surface area (Å²) < 4.78 is 15.7. The molecule has 0 saturated carbocycles. The molecule has 2 aromatic rings. The van der Waals surface area contributed by atoms with Crippen LogP contribution < -0.4 is 9.47 Å². The standard InChI is InChI=1S/C19H20O6/c1-11-5-6-16-17(9-11)18(24-13(3)21)10-15(7-8-23-12(2)20)19(16)25-14(4)22/h5-6,9-10H,7-8H2,1-4H3. The van der Waals surface area contributed by atoms with E-state index in [1.54, 1.807) is 6.07 Å². The average molecular weight is 344 g/mol. The summed E-state index contributed by atoms with van der Waals surface area (Å²) >= 11 is 0. The first-order valence-corrected chi connectivity index (χ1v) is 7.84. The summed E-state index contributed by atoms with van der Waals surface area (Å²) in [6.45, 7) is 5.99. The van der Waals surface area contributed by atoms with Crippen molar-refractivity contribution in [2.75, 3.05) is 6.61 Å². The summed E-state index contributed by atoms with van der Waals surface area (Å²) in [5.41, 5.74) is 1.59. The predicted molar refractivity (Wildman–Crippen MR) is 91.6 cm³/mol. The topological polar surface area (TPSA) is 78.9 Å². The summed E-state index contributed by atoms with van der Waals surface area (Å²) in [7, 11) is 0. The van der Waals surface area contributed by atoms with E-state index >= 15 is 0 Å². The normalized spacial score (nSPS) is 10.4. The molecule has 0 aromatic heterocycles. The lowest BCUT2D eigenvalue weighted by atomic mass is 10.0. The van der Waals surface area contributed by atoms with Crippen LogP contribution in [-0.2, 0) is 25.5 Å². The lowest BCUT2D eigenvalue weighted by Gasteiger charge is -2.16. The van der Waals surface area contributed by atoms with Crippen LogP contribution in [0.25, 0.3) is 10.8 Å². The summed E-state index contributed by atoms with van der Waals surface area (Å²) in [5.74, 6) is -0.555. The lowest BCUT2D eigenvalue weighted by molar-refractivity contribution is -0.141. The zero-order chi connectivity index (χ0) is 18.6. The van der Waals surface area contributed by atoms with Gasteiger partial charge in [-0.2, -0.15) is 0 Å². The fourth-order valence-electron chi connectivity index (χ4n) is 2.53. The quantitative estimate of drug-likeness (QED) is 0.612. The van der Waals surface area contributed by atoms with Crippen LogP contribution in [0.2, 0.25) is 0 Å². The Morgan fingerprint density at radius 1 is 0.880 bits per heavy atom. The van der Waals surface area contributed by atoms with Gasteiger partial charge in [0.05, 0.1) is 6.61 Å². The number of carbonyl (C=O) groups excluding carboxylic acids is 3. The molecule has 0 heterocycles. The largest absolute Gasteiger partial charge is 0.466 e. The Labute approximate surface area is 145 Å². The predicted octanol–water partition coefficient (Wildman–Crippen LogP) is 3.10. The van der Waals surface area contributed by atoms with E-state index in [1.807, 2.05) is 25.1 Å². The third-order valence-electron chi connectivity index (χ3n) is 3.46. The second kappa shape index (κ2) is 7.79. The molecule has 0 radical (unpaired) electrons. The summed E-state index contributed by atoms with van der Waals surface area (Å²) in [6.07, 6.45) is 0.320. The van der Waals surface area contributed by atoms with Crippen molar-refractivity contribution in [2.45, 2.75) is 34.1 Å². The average Bonchev–Trinajstić information content (AvgIpc) is 2.49. The highest BCUT2D eigenvalue weighted by molar-refractivity contribution is 5.97. The Balaban J connectivity index is 2.61. The number of ether oxygens (including phenoxy) is 3. The van der Waals surface area contributed by atoms with Crippen LogP contribution in [0.1, 0.15) is 31.9 Å². The van der Waals surface area contributed by atoms with Gasteiger partial charge in [-0.05, 0) is 19.1 Å². The smallest absolute Gasteiger partial charge is 0.308 e. The van der Waals surface area contributed by atoms with E-state index in [0.29, 0.717) is 34.3 Å². The van der Waals surface area contributed by atoms with Crippen molar-refractivity contribution in [3.8, 4) is 11.5 Å². The lowest BCUT2D eigenvalue weighted by Crippen LogP contribution is -2.10. The van der Waals surface area contributed by atoms with Crippen molar-refractivity contribution >= 4 is 28.7 Å². The van der Waals surface area contributed by atoms with Gasteiger partial charge in [-0.15, -0.1) is 0 Å². The zero-order valence-electron chi connectivity index (χ0n) is 14.7. The van der Waals surface area contributed by atoms with Crippen molar-refractivity contribution in [3.63, 3.8) is 0 Å². The maximum absolute atomic E-state index is 11.5. The van der Waals surface area contributed by atoms with E-state index < -0.39 is 17.9 Å². The first-order chi connectivity index (χ1) is 11.8. The highest BCUT2D eigenvalue weighted by Gasteiger charge is 2.17. The molecule has 0 fully saturated rings. The van der Waals surface area contributed by atoms with Crippen LogP contribution in [0.15, 0.2) is 24.3 Å². The van der Waals surface area contributed by atoms with Crippen LogP contribution in [0.3, 0.4) is 0 Å². The van der Waals surface area contributed by atoms with Crippen LogP contribution in [0.5, 0.6) is 11.5 Å². The minimum Gasteiger partial charge on any atom is -0.466 e. The Morgan fingerprint density at radius 2 is 1.56 bits per heavy atom. The number of hydrogen-bond acceptors (Lipinski definition) is 6. The number of hydrogen-bond donors (Lipinski definition) is 0. The third kappa shape index (κ3) is 4.79. The SMILES string of the molecule is CC(=O)OCCc1cc(OC(C)=O)c2cc(C)ccc2c1OC(C)=O. The molecule has 0 unspecified atom stereocenters. The van der Waals surface area contributed by atoms with Crippen molar-refractivity contribution < 1.29 is 28.6 Å². The Hall–Kier alpha value is -2.89. The molecule has 0 saturated heterocycles. The second-order valence-electron chi connectivity index (χ2n) is 5.69. The number of carbonyl (C=O) groups is 3. The molecule has 25 heavy (non-hydrogen) atoms. The molecule has 2 rings (SSSR count). The Morgan fingerprint density at radius 3 is 2.16 bits per heavy atom. The summed E-state index contributed by atoms with van der Waals surface area (Å²) in [5, 5.41) is 1.32. The van der Waals surface area contributed by atoms with Gasteiger partial charge in [0.1, 0.15) is 11.5 Å². The summed E-state index contributed by atoms with van der Waals surface area (Å²) in [4.78, 5) is 34.0. The van der Waals surface area contributed by atoms with E-state index in [-0.39, 0.29) is 6.61 Å². The molecular weight excluding hydrogens is 324 g/mol. The van der Waals surface area contributed by atoms with E-state index in [9.17, 15) is 14.4 Å². The minimum atomic E-state index is -0.462. The van der Waals surface area contributed by atoms with Crippen molar-refractivity contribution in [3.05, 3.63) is 35.4 Å². The molecule has 6 heteroatoms. The van der Waals surface area contributed by atoms with Crippen molar-refractivity contribution in [1.82, 2.24) is 0 Å². The van der Waals surface area contributed by atoms with Gasteiger partial charge in [-0.3, -0.25) is 14.4 Å². The molecule has 0 spiro atoms. The second-order valence-corrected chi connectivity index (χ2v) is 5.69. The fraction of sp³-hybridized carbons (Fsp3) is 0.316. The van der Waals surface area contributed by atoms with Gasteiger partial charge >= 0.3 is 17.9 Å². The van der Waals surface area contributed by atoms with Crippen LogP contribution in [-0.4, -0.2) is 24.5 Å². The highest BCUT2D eigenvalue weighted by atomic mass is 16.5. The number of rotatable bonds is 5. The molecule has 0 N–H and O–H groups in total. The molecular formula is C19H20O6. The zero-order valence-corrected chi connectivity index (χ0v) is 14.7. The van der Waals surface area contributed by atoms with Crippen molar-refractivity contribution in [2.24, 2.45) is 0 Å². The van der Waals surface area contributed by atoms with Gasteiger partial charge in [0.2, 0.25) is 0 Å². The molecule has 0 aliphatic rings. The van der Waals surface area contributed by atoms with Gasteiger partial charge in [-0.25, -0.2) is 0 Å². The van der Waals surface area contributed by atoms with Crippen molar-refractivity contribution in [1.29, 1.82) is 0 Å². The van der Waals surface area contributed by atoms with Gasteiger partial charge in [0.15, 0.2) is 0 Å². The molecule has 6 nitrogen and oxygen atoms in total. The molecule has 0 aliphatic heterocycles. The fourth-order valence-corrected chi connectivity index (χ4v) is 2.53. The molecule has 0 bridgehead atoms. The minimum absolute atomic E-state index is 0.125. The van der Waals surface area contributed by atoms with Gasteiger partial charge in [0.25, 0.3) is 0 Å². The van der Waals surface area contributed by atoms with E-state index in [4.69, 9.17) is 14.2 Å². The summed E-state index contributed by atoms with van der Waals surface area (Å²) in [6, 6.07) is 7.19. The van der Waals surface area contributed by atoms with Crippen LogP contribution in [0.4, 0.5) is 0 Å². The molecule has 0 aliphatic carbocycles. The maximum Gasteiger partial charge on any atom is 0.308 e. The highest BCUT2D eigenvalue weighted by Crippen LogP contribution is 2.38. The monoisotopic (exact) mass is 344 g/mol. The molecule has 0 amide bonds. The van der Waals surface area contributed by atoms with Gasteiger partial charge < -0.3 is 14.2 Å². The van der Waals surface area contributed by atoms with Gasteiger partial charge in [0, 0.05) is 43.5 Å².